The minimum atomic E-state index is 0.382. The predicted octanol–water partition coefficient (Wildman–Crippen LogP) is 5.28. The van der Waals surface area contributed by atoms with Gasteiger partial charge in [0.15, 0.2) is 0 Å². The maximum Gasteiger partial charge on any atom is 0.127 e. The average molecular weight is 398 g/mol. The van der Waals surface area contributed by atoms with E-state index in [-0.39, 0.29) is 0 Å². The summed E-state index contributed by atoms with van der Waals surface area (Å²) in [4.78, 5) is 4.62. The van der Waals surface area contributed by atoms with Crippen molar-refractivity contribution in [3.05, 3.63) is 65.2 Å². The Hall–Kier alpha value is -2.95. The van der Waals surface area contributed by atoms with Gasteiger partial charge in [0.1, 0.15) is 37.6 Å². The van der Waals surface area contributed by atoms with Crippen molar-refractivity contribution >= 4 is 6.21 Å². The van der Waals surface area contributed by atoms with Gasteiger partial charge in [-0.1, -0.05) is 29.4 Å². The zero-order valence-corrected chi connectivity index (χ0v) is 17.8. The highest BCUT2D eigenvalue weighted by Crippen LogP contribution is 2.28. The van der Waals surface area contributed by atoms with Gasteiger partial charge in [0.25, 0.3) is 0 Å². The van der Waals surface area contributed by atoms with Crippen LogP contribution in [-0.2, 0) is 11.3 Å². The Kier molecular flexibility index (Phi) is 9.63. The van der Waals surface area contributed by atoms with Crippen molar-refractivity contribution < 1.29 is 19.0 Å². The first-order valence-corrected chi connectivity index (χ1v) is 9.88. The van der Waals surface area contributed by atoms with Crippen LogP contribution in [0.25, 0.3) is 0 Å². The van der Waals surface area contributed by atoms with Crippen molar-refractivity contribution in [2.24, 2.45) is 5.16 Å². The van der Waals surface area contributed by atoms with Crippen molar-refractivity contribution in [2.75, 3.05) is 26.9 Å². The summed E-state index contributed by atoms with van der Waals surface area (Å²) in [5.41, 5.74) is 3.40. The van der Waals surface area contributed by atoms with Crippen LogP contribution in [0.4, 0.5) is 0 Å². The monoisotopic (exact) mass is 397 g/mol. The Labute approximate surface area is 173 Å². The third-order valence-corrected chi connectivity index (χ3v) is 4.27. The summed E-state index contributed by atoms with van der Waals surface area (Å²) in [6, 6.07) is 12.1. The molecule has 0 bridgehead atoms. The Morgan fingerprint density at radius 3 is 2.41 bits per heavy atom. The molecule has 0 aliphatic heterocycles. The van der Waals surface area contributed by atoms with Crippen LogP contribution >= 0.6 is 0 Å². The highest BCUT2D eigenvalue weighted by Gasteiger charge is 2.07. The lowest BCUT2D eigenvalue weighted by Gasteiger charge is -2.14. The number of ether oxygens (including phenoxy) is 3. The van der Waals surface area contributed by atoms with E-state index in [1.54, 1.807) is 6.21 Å². The van der Waals surface area contributed by atoms with Gasteiger partial charge in [-0.05, 0) is 74.6 Å². The van der Waals surface area contributed by atoms with E-state index in [1.807, 2.05) is 49.4 Å². The third kappa shape index (κ3) is 7.90. The molecule has 5 heteroatoms. The van der Waals surface area contributed by atoms with Gasteiger partial charge < -0.3 is 19.0 Å². The van der Waals surface area contributed by atoms with Crippen molar-refractivity contribution in [1.29, 1.82) is 0 Å². The molecule has 0 saturated carbocycles. The quantitative estimate of drug-likeness (QED) is 0.212. The standard InChI is InChI=1S/C24H31NO4/c1-5-6-13-27-23-16-19(2)24(20(3)17-23)29-14-8-10-21-9-7-11-22(18-21)28-15-12-25-26-4/h5-7,9,11-12,16-18H,8,10,13-15H2,1-4H3/b6-5+,25-12?. The number of benzene rings is 2. The van der Waals surface area contributed by atoms with Crippen molar-refractivity contribution in [1.82, 2.24) is 0 Å². The highest BCUT2D eigenvalue weighted by atomic mass is 16.6. The molecule has 0 aliphatic carbocycles. The number of hydrogen-bond acceptors (Lipinski definition) is 5. The van der Waals surface area contributed by atoms with E-state index >= 15 is 0 Å². The largest absolute Gasteiger partial charge is 0.493 e. The summed E-state index contributed by atoms with van der Waals surface area (Å²) in [5, 5.41) is 3.66. The molecule has 0 spiro atoms. The Bertz CT molecular complexity index is 791. The second-order valence-electron chi connectivity index (χ2n) is 6.65. The van der Waals surface area contributed by atoms with Crippen LogP contribution in [0.1, 0.15) is 30.0 Å². The molecule has 0 aromatic heterocycles. The molecule has 0 unspecified atom stereocenters. The third-order valence-electron chi connectivity index (χ3n) is 4.27. The Morgan fingerprint density at radius 1 is 0.931 bits per heavy atom. The van der Waals surface area contributed by atoms with E-state index in [1.165, 1.54) is 12.7 Å². The van der Waals surface area contributed by atoms with E-state index in [0.717, 1.165) is 41.2 Å². The van der Waals surface area contributed by atoms with Crippen molar-refractivity contribution in [3.63, 3.8) is 0 Å². The molecule has 0 aliphatic rings. The fraction of sp³-hybridized carbons (Fsp3) is 0.375. The van der Waals surface area contributed by atoms with Crippen molar-refractivity contribution in [2.45, 2.75) is 33.6 Å². The molecule has 29 heavy (non-hydrogen) atoms. The fourth-order valence-electron chi connectivity index (χ4n) is 2.94. The summed E-state index contributed by atoms with van der Waals surface area (Å²) in [7, 11) is 1.51. The maximum atomic E-state index is 6.06. The van der Waals surface area contributed by atoms with E-state index in [9.17, 15) is 0 Å². The number of aryl methyl sites for hydroxylation is 3. The predicted molar refractivity (Wildman–Crippen MR) is 117 cm³/mol. The molecule has 0 saturated heterocycles. The smallest absolute Gasteiger partial charge is 0.127 e. The number of nitrogens with zero attached hydrogens (tertiary/aromatic N) is 1. The summed E-state index contributed by atoms with van der Waals surface area (Å²) >= 11 is 0. The molecular weight excluding hydrogens is 366 g/mol. The van der Waals surface area contributed by atoms with Crippen LogP contribution in [0.3, 0.4) is 0 Å². The van der Waals surface area contributed by atoms with Crippen LogP contribution < -0.4 is 14.2 Å². The minimum Gasteiger partial charge on any atom is -0.493 e. The molecule has 2 aromatic rings. The summed E-state index contributed by atoms with van der Waals surface area (Å²) in [5.74, 6) is 2.64. The molecule has 0 fully saturated rings. The zero-order chi connectivity index (χ0) is 20.9. The van der Waals surface area contributed by atoms with Gasteiger partial charge >= 0.3 is 0 Å². The second-order valence-corrected chi connectivity index (χ2v) is 6.65. The van der Waals surface area contributed by atoms with Crippen LogP contribution in [0.5, 0.6) is 17.2 Å². The first kappa shape index (κ1) is 22.3. The van der Waals surface area contributed by atoms with Crippen LogP contribution in [-0.4, -0.2) is 33.1 Å². The van der Waals surface area contributed by atoms with Gasteiger partial charge in [0, 0.05) is 0 Å². The Morgan fingerprint density at radius 2 is 1.69 bits per heavy atom. The molecule has 2 aromatic carbocycles. The van der Waals surface area contributed by atoms with E-state index < -0.39 is 0 Å². The topological polar surface area (TPSA) is 49.3 Å². The molecule has 0 radical (unpaired) electrons. The van der Waals surface area contributed by atoms with Gasteiger partial charge in [-0.2, -0.15) is 0 Å². The number of oxime groups is 1. The Balaban J connectivity index is 1.82. The average Bonchev–Trinajstić information content (AvgIpc) is 2.71. The van der Waals surface area contributed by atoms with Crippen LogP contribution in [0.2, 0.25) is 0 Å². The lowest BCUT2D eigenvalue weighted by molar-refractivity contribution is 0.212. The fourth-order valence-corrected chi connectivity index (χ4v) is 2.94. The minimum absolute atomic E-state index is 0.382. The molecular formula is C24H31NO4. The van der Waals surface area contributed by atoms with Gasteiger partial charge in [0.2, 0.25) is 0 Å². The highest BCUT2D eigenvalue weighted by molar-refractivity contribution is 5.58. The molecule has 0 N–H and O–H groups in total. The normalized spacial score (nSPS) is 11.2. The van der Waals surface area contributed by atoms with E-state index in [4.69, 9.17) is 14.2 Å². The molecule has 2 rings (SSSR count). The summed E-state index contributed by atoms with van der Waals surface area (Å²) in [6.45, 7) is 7.71. The van der Waals surface area contributed by atoms with Crippen LogP contribution in [0, 0.1) is 13.8 Å². The van der Waals surface area contributed by atoms with Crippen LogP contribution in [0.15, 0.2) is 53.7 Å². The first-order valence-electron chi connectivity index (χ1n) is 9.88. The van der Waals surface area contributed by atoms with E-state index in [2.05, 4.69) is 29.9 Å². The number of hydrogen-bond donors (Lipinski definition) is 0. The zero-order valence-electron chi connectivity index (χ0n) is 17.8. The molecule has 0 heterocycles. The van der Waals surface area contributed by atoms with E-state index in [0.29, 0.717) is 19.8 Å². The molecule has 0 atom stereocenters. The molecule has 0 amide bonds. The second kappa shape index (κ2) is 12.5. The molecule has 5 nitrogen and oxygen atoms in total. The van der Waals surface area contributed by atoms with Crippen molar-refractivity contribution in [3.8, 4) is 17.2 Å². The van der Waals surface area contributed by atoms with Gasteiger partial charge in [-0.3, -0.25) is 0 Å². The summed E-state index contributed by atoms with van der Waals surface area (Å²) in [6.07, 6.45) is 7.40. The number of rotatable bonds is 12. The SMILES string of the molecule is C/C=C/COc1cc(C)c(OCCCc2cccc(OCC=NOC)c2)c(C)c1. The lowest BCUT2D eigenvalue weighted by atomic mass is 10.1. The van der Waals surface area contributed by atoms with Gasteiger partial charge in [0.05, 0.1) is 12.8 Å². The maximum absolute atomic E-state index is 6.06. The summed E-state index contributed by atoms with van der Waals surface area (Å²) < 4.78 is 17.4. The van der Waals surface area contributed by atoms with Gasteiger partial charge in [-0.25, -0.2) is 0 Å². The number of allylic oxidation sites excluding steroid dienone is 1. The van der Waals surface area contributed by atoms with Gasteiger partial charge in [-0.15, -0.1) is 0 Å². The molecule has 156 valence electrons. The lowest BCUT2D eigenvalue weighted by Crippen LogP contribution is -2.03. The first-order chi connectivity index (χ1) is 14.1.